The van der Waals surface area contributed by atoms with Gasteiger partial charge in [-0.3, -0.25) is 4.79 Å². The predicted octanol–water partition coefficient (Wildman–Crippen LogP) is 2.17. The summed E-state index contributed by atoms with van der Waals surface area (Å²) in [5.74, 6) is 6.00. The zero-order valence-electron chi connectivity index (χ0n) is 12.5. The summed E-state index contributed by atoms with van der Waals surface area (Å²) in [7, 11) is 0. The Kier molecular flexibility index (Phi) is 4.20. The topological polar surface area (TPSA) is 32.3 Å². The van der Waals surface area contributed by atoms with Gasteiger partial charge in [0.25, 0.3) is 5.91 Å². The van der Waals surface area contributed by atoms with Crippen LogP contribution in [0.5, 0.6) is 0 Å². The van der Waals surface area contributed by atoms with Crippen LogP contribution in [-0.2, 0) is 4.79 Å². The lowest BCUT2D eigenvalue weighted by atomic mass is 9.79. The van der Waals surface area contributed by atoms with Crippen molar-refractivity contribution in [1.82, 2.24) is 10.2 Å². The lowest BCUT2D eigenvalue weighted by Gasteiger charge is -2.49. The Hall–Kier alpha value is -1.01. The number of piperidine rings is 2. The van der Waals surface area contributed by atoms with Gasteiger partial charge in [0, 0.05) is 17.5 Å². The summed E-state index contributed by atoms with van der Waals surface area (Å²) in [4.78, 5) is 14.5. The average molecular weight is 262 g/mol. The maximum Gasteiger partial charge on any atom is 0.298 e. The molecule has 1 amide bonds. The minimum Gasteiger partial charge on any atom is -0.326 e. The van der Waals surface area contributed by atoms with Crippen LogP contribution in [-0.4, -0.2) is 36.0 Å². The fraction of sp³-hybridized carbons (Fsp3) is 0.812. The third kappa shape index (κ3) is 3.51. The van der Waals surface area contributed by atoms with Gasteiger partial charge < -0.3 is 10.2 Å². The summed E-state index contributed by atoms with van der Waals surface area (Å²) in [6.45, 7) is 9.07. The number of nitrogens with one attached hydrogen (secondary N) is 1. The molecule has 2 fully saturated rings. The van der Waals surface area contributed by atoms with Crippen molar-refractivity contribution in [2.45, 2.75) is 58.4 Å². The number of rotatable bonds is 0. The van der Waals surface area contributed by atoms with Crippen molar-refractivity contribution in [2.24, 2.45) is 5.41 Å². The molecule has 0 unspecified atom stereocenters. The molecule has 0 aliphatic carbocycles. The zero-order valence-corrected chi connectivity index (χ0v) is 12.5. The fourth-order valence-corrected chi connectivity index (χ4v) is 3.13. The predicted molar refractivity (Wildman–Crippen MR) is 77.6 cm³/mol. The van der Waals surface area contributed by atoms with Crippen molar-refractivity contribution in [3.63, 3.8) is 0 Å². The molecule has 0 aromatic carbocycles. The molecule has 0 saturated carbocycles. The van der Waals surface area contributed by atoms with Gasteiger partial charge in [-0.05, 0) is 71.9 Å². The molecule has 106 valence electrons. The van der Waals surface area contributed by atoms with Gasteiger partial charge in [0.2, 0.25) is 0 Å². The van der Waals surface area contributed by atoms with Gasteiger partial charge in [-0.1, -0.05) is 5.92 Å². The van der Waals surface area contributed by atoms with Crippen LogP contribution in [0, 0.1) is 17.3 Å². The second kappa shape index (κ2) is 5.54. The number of hydrogen-bond acceptors (Lipinski definition) is 2. The Morgan fingerprint density at radius 3 is 2.47 bits per heavy atom. The van der Waals surface area contributed by atoms with Crippen LogP contribution in [0.25, 0.3) is 0 Å². The molecule has 3 heteroatoms. The molecule has 1 spiro atoms. The third-order valence-corrected chi connectivity index (χ3v) is 4.17. The monoisotopic (exact) mass is 262 g/mol. The number of amides is 1. The fourth-order valence-electron chi connectivity index (χ4n) is 3.13. The first kappa shape index (κ1) is 14.4. The van der Waals surface area contributed by atoms with Gasteiger partial charge in [-0.25, -0.2) is 0 Å². The maximum atomic E-state index is 12.5. The highest BCUT2D eigenvalue weighted by Crippen LogP contribution is 2.35. The summed E-state index contributed by atoms with van der Waals surface area (Å²) in [5, 5.41) is 3.40. The van der Waals surface area contributed by atoms with E-state index in [1.165, 1.54) is 6.42 Å². The highest BCUT2D eigenvalue weighted by Gasteiger charge is 2.41. The SMILES string of the molecule is CC(C)(C)C#CC(=O)N1CCCCC12CCNCC2. The first-order chi connectivity index (χ1) is 8.93. The Balaban J connectivity index is 2.14. The van der Waals surface area contributed by atoms with Gasteiger partial charge in [0.15, 0.2) is 0 Å². The molecular weight excluding hydrogens is 236 g/mol. The maximum absolute atomic E-state index is 12.5. The second-order valence-corrected chi connectivity index (χ2v) is 6.89. The lowest BCUT2D eigenvalue weighted by molar-refractivity contribution is -0.135. The highest BCUT2D eigenvalue weighted by atomic mass is 16.2. The van der Waals surface area contributed by atoms with Gasteiger partial charge >= 0.3 is 0 Å². The van der Waals surface area contributed by atoms with Crippen LogP contribution in [0.3, 0.4) is 0 Å². The van der Waals surface area contributed by atoms with E-state index >= 15 is 0 Å². The molecule has 19 heavy (non-hydrogen) atoms. The van der Waals surface area contributed by atoms with E-state index in [9.17, 15) is 4.79 Å². The Morgan fingerprint density at radius 1 is 1.16 bits per heavy atom. The summed E-state index contributed by atoms with van der Waals surface area (Å²) < 4.78 is 0. The molecule has 2 heterocycles. The largest absolute Gasteiger partial charge is 0.326 e. The van der Waals surface area contributed by atoms with Crippen LogP contribution in [0.4, 0.5) is 0 Å². The van der Waals surface area contributed by atoms with E-state index in [1.54, 1.807) is 0 Å². The van der Waals surface area contributed by atoms with E-state index in [2.05, 4.69) is 22.1 Å². The van der Waals surface area contributed by atoms with Gasteiger partial charge in [-0.2, -0.15) is 0 Å². The molecule has 1 N–H and O–H groups in total. The zero-order chi connectivity index (χ0) is 13.9. The number of carbonyl (C=O) groups excluding carboxylic acids is 1. The number of carbonyl (C=O) groups is 1. The Bertz CT molecular complexity index is 383. The molecule has 3 nitrogen and oxygen atoms in total. The van der Waals surface area contributed by atoms with Gasteiger partial charge in [-0.15, -0.1) is 0 Å². The second-order valence-electron chi connectivity index (χ2n) is 6.89. The van der Waals surface area contributed by atoms with Crippen molar-refractivity contribution in [3.8, 4) is 11.8 Å². The van der Waals surface area contributed by atoms with E-state index in [-0.39, 0.29) is 16.9 Å². The molecule has 0 atom stereocenters. The van der Waals surface area contributed by atoms with Crippen molar-refractivity contribution in [3.05, 3.63) is 0 Å². The van der Waals surface area contributed by atoms with Crippen molar-refractivity contribution < 1.29 is 4.79 Å². The smallest absolute Gasteiger partial charge is 0.298 e. The standard InChI is InChI=1S/C16H26N2O/c1-15(2,3)8-6-14(19)18-13-5-4-7-16(18)9-11-17-12-10-16/h17H,4-5,7,9-13H2,1-3H3. The molecular formula is C16H26N2O. The Labute approximate surface area is 117 Å². The molecule has 2 rings (SSSR count). The summed E-state index contributed by atoms with van der Waals surface area (Å²) in [6, 6.07) is 0. The van der Waals surface area contributed by atoms with E-state index < -0.39 is 0 Å². The minimum atomic E-state index is -0.104. The van der Waals surface area contributed by atoms with Gasteiger partial charge in [0.05, 0.1) is 0 Å². The van der Waals surface area contributed by atoms with Crippen molar-refractivity contribution in [1.29, 1.82) is 0 Å². The number of hydrogen-bond donors (Lipinski definition) is 1. The van der Waals surface area contributed by atoms with E-state index in [4.69, 9.17) is 0 Å². The molecule has 0 aromatic rings. The molecule has 0 aromatic heterocycles. The van der Waals surface area contributed by atoms with E-state index in [0.717, 1.165) is 45.3 Å². The summed E-state index contributed by atoms with van der Waals surface area (Å²) in [5.41, 5.74) is -0.0140. The normalized spacial score (nSPS) is 22.8. The lowest BCUT2D eigenvalue weighted by Crippen LogP contribution is -2.58. The summed E-state index contributed by atoms with van der Waals surface area (Å²) >= 11 is 0. The molecule has 0 radical (unpaired) electrons. The van der Waals surface area contributed by atoms with Crippen LogP contribution >= 0.6 is 0 Å². The Morgan fingerprint density at radius 2 is 1.84 bits per heavy atom. The van der Waals surface area contributed by atoms with Gasteiger partial charge in [0.1, 0.15) is 0 Å². The van der Waals surface area contributed by atoms with Crippen LogP contribution in [0.1, 0.15) is 52.9 Å². The number of nitrogens with zero attached hydrogens (tertiary/aromatic N) is 1. The minimum absolute atomic E-state index is 0.0384. The number of likely N-dealkylation sites (tertiary alicyclic amines) is 1. The quantitative estimate of drug-likeness (QED) is 0.679. The molecule has 0 bridgehead atoms. The molecule has 2 saturated heterocycles. The van der Waals surface area contributed by atoms with E-state index in [0.29, 0.717) is 0 Å². The molecule has 2 aliphatic rings. The summed E-state index contributed by atoms with van der Waals surface area (Å²) in [6.07, 6.45) is 5.68. The molecule has 2 aliphatic heterocycles. The van der Waals surface area contributed by atoms with Crippen molar-refractivity contribution >= 4 is 5.91 Å². The highest BCUT2D eigenvalue weighted by molar-refractivity contribution is 5.94. The first-order valence-corrected chi connectivity index (χ1v) is 7.49. The van der Waals surface area contributed by atoms with Crippen LogP contribution in [0.2, 0.25) is 0 Å². The van der Waals surface area contributed by atoms with Crippen LogP contribution in [0.15, 0.2) is 0 Å². The van der Waals surface area contributed by atoms with E-state index in [1.807, 2.05) is 20.8 Å². The average Bonchev–Trinajstić information content (AvgIpc) is 2.37. The third-order valence-electron chi connectivity index (χ3n) is 4.17. The van der Waals surface area contributed by atoms with Crippen molar-refractivity contribution in [2.75, 3.05) is 19.6 Å². The van der Waals surface area contributed by atoms with Crippen LogP contribution < -0.4 is 5.32 Å². The first-order valence-electron chi connectivity index (χ1n) is 7.49.